The third kappa shape index (κ3) is 4.23. The van der Waals surface area contributed by atoms with Gasteiger partial charge in [0.15, 0.2) is 0 Å². The fourth-order valence-corrected chi connectivity index (χ4v) is 8.61. The number of nitrogens with zero attached hydrogens (tertiary/aromatic N) is 1. The molecule has 0 aliphatic heterocycles. The summed E-state index contributed by atoms with van der Waals surface area (Å²) in [6.07, 6.45) is 12.0. The van der Waals surface area contributed by atoms with Gasteiger partial charge in [-0.25, -0.2) is 5.48 Å². The first kappa shape index (κ1) is 23.9. The Hall–Kier alpha value is -0.200. The van der Waals surface area contributed by atoms with Gasteiger partial charge in [0.1, 0.15) is 0 Å². The maximum Gasteiger partial charge on any atom is 0.0734 e. The molecule has 180 valence electrons. The van der Waals surface area contributed by atoms with Crippen molar-refractivity contribution in [3.63, 3.8) is 0 Å². The molecule has 0 aromatic rings. The Morgan fingerprint density at radius 3 is 2.58 bits per heavy atom. The molecule has 0 heterocycles. The van der Waals surface area contributed by atoms with Gasteiger partial charge in [-0.2, -0.15) is 0 Å². The monoisotopic (exact) mass is 436 g/mol. The lowest BCUT2D eigenvalue weighted by molar-refractivity contribution is -0.210. The van der Waals surface area contributed by atoms with Crippen LogP contribution in [-0.4, -0.2) is 60.6 Å². The number of rotatable bonds is 8. The summed E-state index contributed by atoms with van der Waals surface area (Å²) in [6, 6.07) is 0. The molecule has 31 heavy (non-hydrogen) atoms. The standard InChI is InChI=1S/C26H48N2O3/c1-24-12-9-21(29)18-20(24)6-7-23-22(24)10-13-25(2)19(8-14-26(23,25)30)11-15-27-31-17-5-16-28(3)4/h19-23,27,29-30H,5-18H2,1-4H3/t19-,20-,21+,22+,23-,24+,25-,26+/m1/s1. The summed E-state index contributed by atoms with van der Waals surface area (Å²) >= 11 is 0. The second-order valence-corrected chi connectivity index (χ2v) is 12.2. The molecular formula is C26H48N2O3. The molecule has 4 fully saturated rings. The average molecular weight is 437 g/mol. The number of hydrogen-bond acceptors (Lipinski definition) is 5. The van der Waals surface area contributed by atoms with E-state index in [0.29, 0.717) is 29.1 Å². The van der Waals surface area contributed by atoms with Crippen molar-refractivity contribution >= 4 is 0 Å². The van der Waals surface area contributed by atoms with E-state index in [2.05, 4.69) is 38.3 Å². The van der Waals surface area contributed by atoms with E-state index in [1.54, 1.807) is 0 Å². The summed E-state index contributed by atoms with van der Waals surface area (Å²) in [7, 11) is 4.18. The van der Waals surface area contributed by atoms with Crippen molar-refractivity contribution < 1.29 is 15.1 Å². The molecule has 0 amide bonds. The topological polar surface area (TPSA) is 65.0 Å². The maximum atomic E-state index is 12.2. The fraction of sp³-hybridized carbons (Fsp3) is 1.00. The smallest absolute Gasteiger partial charge is 0.0734 e. The third-order valence-corrected chi connectivity index (χ3v) is 10.6. The van der Waals surface area contributed by atoms with Crippen LogP contribution in [-0.2, 0) is 4.84 Å². The van der Waals surface area contributed by atoms with E-state index >= 15 is 0 Å². The zero-order valence-electron chi connectivity index (χ0n) is 20.5. The number of fused-ring (bicyclic) bond motifs is 5. The number of aliphatic hydroxyl groups excluding tert-OH is 1. The van der Waals surface area contributed by atoms with E-state index in [0.717, 1.165) is 77.5 Å². The first-order valence-corrected chi connectivity index (χ1v) is 13.1. The minimum Gasteiger partial charge on any atom is -0.393 e. The van der Waals surface area contributed by atoms with Crippen molar-refractivity contribution in [1.82, 2.24) is 10.4 Å². The fourth-order valence-electron chi connectivity index (χ4n) is 8.61. The molecule has 0 saturated heterocycles. The van der Waals surface area contributed by atoms with E-state index in [1.807, 2.05) is 0 Å². The summed E-state index contributed by atoms with van der Waals surface area (Å²) in [5, 5.41) is 22.5. The maximum absolute atomic E-state index is 12.2. The second-order valence-electron chi connectivity index (χ2n) is 12.2. The zero-order valence-corrected chi connectivity index (χ0v) is 20.5. The van der Waals surface area contributed by atoms with Gasteiger partial charge >= 0.3 is 0 Å². The quantitative estimate of drug-likeness (QED) is 0.397. The number of hydroxylamine groups is 1. The lowest BCUT2D eigenvalue weighted by atomic mass is 9.43. The minimum absolute atomic E-state index is 0.0398. The first-order valence-electron chi connectivity index (χ1n) is 13.1. The van der Waals surface area contributed by atoms with Crippen molar-refractivity contribution in [3.05, 3.63) is 0 Å². The SMILES string of the molecule is CN(C)CCCONCC[C@H]1CC[C@]2(O)[C@@H]3CC[C@@H]4C[C@@H](O)CC[C@]4(C)[C@H]3CC[C@]12C. The zero-order chi connectivity index (χ0) is 22.3. The molecule has 0 unspecified atom stereocenters. The van der Waals surface area contributed by atoms with Gasteiger partial charge in [-0.05, 0) is 126 Å². The molecular weight excluding hydrogens is 388 g/mol. The molecule has 4 aliphatic carbocycles. The van der Waals surface area contributed by atoms with Gasteiger partial charge in [0, 0.05) is 6.54 Å². The predicted octanol–water partition coefficient (Wildman–Crippen LogP) is 3.98. The molecule has 3 N–H and O–H groups in total. The van der Waals surface area contributed by atoms with Gasteiger partial charge in [0.25, 0.3) is 0 Å². The Labute approximate surface area is 190 Å². The summed E-state index contributed by atoms with van der Waals surface area (Å²) < 4.78 is 0. The Morgan fingerprint density at radius 2 is 1.81 bits per heavy atom. The summed E-state index contributed by atoms with van der Waals surface area (Å²) in [5.41, 5.74) is 3.05. The minimum atomic E-state index is -0.503. The van der Waals surface area contributed by atoms with Gasteiger partial charge in [-0.3, -0.25) is 0 Å². The highest BCUT2D eigenvalue weighted by Gasteiger charge is 2.66. The van der Waals surface area contributed by atoms with Crippen molar-refractivity contribution in [2.24, 2.45) is 34.5 Å². The molecule has 0 aromatic carbocycles. The molecule has 4 rings (SSSR count). The third-order valence-electron chi connectivity index (χ3n) is 10.6. The van der Waals surface area contributed by atoms with Crippen LogP contribution in [0.1, 0.15) is 84.5 Å². The number of hydrogen-bond donors (Lipinski definition) is 3. The van der Waals surface area contributed by atoms with Gasteiger partial charge in [-0.15, -0.1) is 0 Å². The Kier molecular flexibility index (Phi) is 7.11. The summed E-state index contributed by atoms with van der Waals surface area (Å²) in [4.78, 5) is 7.83. The van der Waals surface area contributed by atoms with Crippen molar-refractivity contribution in [1.29, 1.82) is 0 Å². The lowest BCUT2D eigenvalue weighted by Crippen LogP contribution is -2.62. The Morgan fingerprint density at radius 1 is 1.00 bits per heavy atom. The van der Waals surface area contributed by atoms with E-state index in [9.17, 15) is 10.2 Å². The van der Waals surface area contributed by atoms with Crippen molar-refractivity contribution in [2.45, 2.75) is 96.2 Å². The molecule has 0 spiro atoms. The van der Waals surface area contributed by atoms with Crippen LogP contribution in [0.4, 0.5) is 0 Å². The van der Waals surface area contributed by atoms with Crippen LogP contribution in [0, 0.1) is 34.5 Å². The summed E-state index contributed by atoms with van der Waals surface area (Å²) in [6.45, 7) is 7.58. The van der Waals surface area contributed by atoms with Crippen LogP contribution >= 0.6 is 0 Å². The van der Waals surface area contributed by atoms with Crippen LogP contribution in [0.5, 0.6) is 0 Å². The average Bonchev–Trinajstić information content (AvgIpc) is 2.99. The molecule has 0 bridgehead atoms. The molecule has 8 atom stereocenters. The summed E-state index contributed by atoms with van der Waals surface area (Å²) in [5.74, 6) is 2.31. The lowest BCUT2D eigenvalue weighted by Gasteiger charge is -2.63. The first-order chi connectivity index (χ1) is 14.7. The predicted molar refractivity (Wildman–Crippen MR) is 124 cm³/mol. The highest BCUT2D eigenvalue weighted by atomic mass is 16.6. The van der Waals surface area contributed by atoms with Gasteiger partial charge < -0.3 is 20.0 Å². The molecule has 5 nitrogen and oxygen atoms in total. The Bertz CT molecular complexity index is 615. The van der Waals surface area contributed by atoms with Gasteiger partial charge in [0.2, 0.25) is 0 Å². The second kappa shape index (κ2) is 9.21. The van der Waals surface area contributed by atoms with E-state index in [4.69, 9.17) is 4.84 Å². The van der Waals surface area contributed by atoms with Crippen molar-refractivity contribution in [2.75, 3.05) is 33.8 Å². The largest absolute Gasteiger partial charge is 0.393 e. The molecule has 4 aliphatic rings. The van der Waals surface area contributed by atoms with Crippen LogP contribution < -0.4 is 5.48 Å². The molecule has 4 saturated carbocycles. The van der Waals surface area contributed by atoms with E-state index in [-0.39, 0.29) is 11.5 Å². The highest BCUT2D eigenvalue weighted by Crippen LogP contribution is 2.69. The van der Waals surface area contributed by atoms with E-state index in [1.165, 1.54) is 12.8 Å². The van der Waals surface area contributed by atoms with Crippen molar-refractivity contribution in [3.8, 4) is 0 Å². The highest BCUT2D eigenvalue weighted by molar-refractivity contribution is 5.16. The Balaban J connectivity index is 1.35. The molecule has 0 radical (unpaired) electrons. The van der Waals surface area contributed by atoms with Crippen LogP contribution in [0.2, 0.25) is 0 Å². The molecule has 0 aromatic heterocycles. The van der Waals surface area contributed by atoms with E-state index < -0.39 is 5.60 Å². The van der Waals surface area contributed by atoms with Gasteiger partial charge in [0.05, 0.1) is 18.3 Å². The number of aliphatic hydroxyl groups is 2. The van der Waals surface area contributed by atoms with Gasteiger partial charge in [-0.1, -0.05) is 13.8 Å². The van der Waals surface area contributed by atoms with Crippen LogP contribution in [0.15, 0.2) is 0 Å². The molecule has 5 heteroatoms. The number of nitrogens with one attached hydrogen (secondary N) is 1. The van der Waals surface area contributed by atoms with Crippen LogP contribution in [0.3, 0.4) is 0 Å². The van der Waals surface area contributed by atoms with Crippen LogP contribution in [0.25, 0.3) is 0 Å². The normalized spacial score (nSPS) is 47.1.